The third-order valence-corrected chi connectivity index (χ3v) is 2.95. The molecule has 1 heterocycles. The number of hydrogen-bond donors (Lipinski definition) is 1. The molecule has 2 N–H and O–H groups in total. The Kier molecular flexibility index (Phi) is 5.05. The maximum absolute atomic E-state index is 13.0. The molecule has 0 fully saturated rings. The topological polar surface area (TPSA) is 64.3 Å². The van der Waals surface area contributed by atoms with Crippen LogP contribution in [0.25, 0.3) is 0 Å². The molecular weight excluding hydrogens is 271 g/mol. The molecule has 0 atom stereocenters. The highest BCUT2D eigenvalue weighted by molar-refractivity contribution is 5.61. The Labute approximate surface area is 123 Å². The fraction of sp³-hybridized carbons (Fsp3) is 0.333. The molecule has 0 aliphatic heterocycles. The smallest absolute Gasteiger partial charge is 0.158 e. The minimum Gasteiger partial charge on any atom is -0.384 e. The molecule has 0 bridgehead atoms. The van der Waals surface area contributed by atoms with Crippen LogP contribution in [0, 0.1) is 5.82 Å². The predicted molar refractivity (Wildman–Crippen MR) is 80.9 cm³/mol. The maximum atomic E-state index is 13.0. The minimum absolute atomic E-state index is 0.269. The van der Waals surface area contributed by atoms with Gasteiger partial charge >= 0.3 is 0 Å². The summed E-state index contributed by atoms with van der Waals surface area (Å²) in [7, 11) is 0. The molecule has 5 nitrogen and oxygen atoms in total. The van der Waals surface area contributed by atoms with Crippen LogP contribution in [0.5, 0.6) is 0 Å². The minimum atomic E-state index is -0.269. The van der Waals surface area contributed by atoms with Crippen molar-refractivity contribution in [1.82, 2.24) is 9.97 Å². The molecular formula is C15H19FN4O. The van der Waals surface area contributed by atoms with Gasteiger partial charge in [-0.05, 0) is 38.1 Å². The number of nitrogens with two attached hydrogens (primary N) is 1. The average molecular weight is 290 g/mol. The van der Waals surface area contributed by atoms with Crippen LogP contribution in [0.2, 0.25) is 0 Å². The number of nitrogen functional groups attached to an aromatic ring is 1. The van der Waals surface area contributed by atoms with Crippen LogP contribution in [-0.4, -0.2) is 23.1 Å². The lowest BCUT2D eigenvalue weighted by atomic mass is 10.2. The van der Waals surface area contributed by atoms with Crippen LogP contribution in [0.4, 0.5) is 21.7 Å². The van der Waals surface area contributed by atoms with E-state index in [-0.39, 0.29) is 5.82 Å². The maximum Gasteiger partial charge on any atom is 0.158 e. The fourth-order valence-corrected chi connectivity index (χ4v) is 2.00. The summed E-state index contributed by atoms with van der Waals surface area (Å²) < 4.78 is 18.4. The molecule has 0 spiro atoms. The van der Waals surface area contributed by atoms with Crippen molar-refractivity contribution in [3.05, 3.63) is 42.0 Å². The summed E-state index contributed by atoms with van der Waals surface area (Å²) in [6.07, 6.45) is 0. The third kappa shape index (κ3) is 3.88. The molecule has 6 heteroatoms. The van der Waals surface area contributed by atoms with Crippen molar-refractivity contribution in [2.24, 2.45) is 0 Å². The summed E-state index contributed by atoms with van der Waals surface area (Å²) in [4.78, 5) is 10.5. The van der Waals surface area contributed by atoms with Gasteiger partial charge in [-0.25, -0.2) is 14.4 Å². The standard InChI is InChI=1S/C15H19FN4O/c1-3-20(12-7-5-11(16)6-8-12)15-9-13(17)18-14(19-15)10-21-4-2/h5-9H,3-4,10H2,1-2H3,(H2,17,18,19). The van der Waals surface area contributed by atoms with E-state index < -0.39 is 0 Å². The van der Waals surface area contributed by atoms with E-state index in [2.05, 4.69) is 9.97 Å². The van der Waals surface area contributed by atoms with Gasteiger partial charge in [-0.2, -0.15) is 0 Å². The molecule has 0 aliphatic carbocycles. The summed E-state index contributed by atoms with van der Waals surface area (Å²) in [5.41, 5.74) is 6.68. The molecule has 2 rings (SSSR count). The first-order valence-electron chi connectivity index (χ1n) is 6.88. The van der Waals surface area contributed by atoms with Gasteiger partial charge in [0.2, 0.25) is 0 Å². The van der Waals surface area contributed by atoms with E-state index in [1.165, 1.54) is 12.1 Å². The predicted octanol–water partition coefficient (Wildman–Crippen LogP) is 2.89. The van der Waals surface area contributed by atoms with Gasteiger partial charge in [0.1, 0.15) is 24.1 Å². The number of benzene rings is 1. The SMILES string of the molecule is CCOCc1nc(N)cc(N(CC)c2ccc(F)cc2)n1. The molecule has 21 heavy (non-hydrogen) atoms. The van der Waals surface area contributed by atoms with Crippen LogP contribution in [0.1, 0.15) is 19.7 Å². The second kappa shape index (κ2) is 6.99. The highest BCUT2D eigenvalue weighted by Crippen LogP contribution is 2.24. The van der Waals surface area contributed by atoms with Gasteiger partial charge in [0.25, 0.3) is 0 Å². The van der Waals surface area contributed by atoms with Gasteiger partial charge in [-0.1, -0.05) is 0 Å². The third-order valence-electron chi connectivity index (χ3n) is 2.95. The molecule has 0 saturated carbocycles. The lowest BCUT2D eigenvalue weighted by molar-refractivity contribution is 0.128. The number of nitrogens with zero attached hydrogens (tertiary/aromatic N) is 3. The van der Waals surface area contributed by atoms with Crippen LogP contribution >= 0.6 is 0 Å². The molecule has 2 aromatic rings. The van der Waals surface area contributed by atoms with Crippen molar-refractivity contribution >= 4 is 17.3 Å². The first-order valence-corrected chi connectivity index (χ1v) is 6.88. The highest BCUT2D eigenvalue weighted by atomic mass is 19.1. The monoisotopic (exact) mass is 290 g/mol. The largest absolute Gasteiger partial charge is 0.384 e. The van der Waals surface area contributed by atoms with E-state index in [4.69, 9.17) is 10.5 Å². The summed E-state index contributed by atoms with van der Waals surface area (Å²) in [5, 5.41) is 0. The van der Waals surface area contributed by atoms with Gasteiger partial charge in [-0.3, -0.25) is 0 Å². The van der Waals surface area contributed by atoms with Gasteiger partial charge in [0.05, 0.1) is 0 Å². The number of ether oxygens (including phenoxy) is 1. The van der Waals surface area contributed by atoms with Crippen molar-refractivity contribution in [1.29, 1.82) is 0 Å². The van der Waals surface area contributed by atoms with E-state index >= 15 is 0 Å². The van der Waals surface area contributed by atoms with Crippen molar-refractivity contribution in [3.8, 4) is 0 Å². The van der Waals surface area contributed by atoms with Gasteiger partial charge in [0, 0.05) is 24.9 Å². The first-order chi connectivity index (χ1) is 10.1. The number of halogens is 1. The Hall–Kier alpha value is -2.21. The zero-order valence-electron chi connectivity index (χ0n) is 12.2. The second-order valence-electron chi connectivity index (χ2n) is 4.43. The quantitative estimate of drug-likeness (QED) is 0.886. The Morgan fingerprint density at radius 1 is 1.19 bits per heavy atom. The highest BCUT2D eigenvalue weighted by Gasteiger charge is 2.11. The molecule has 0 aliphatic rings. The molecule has 0 unspecified atom stereocenters. The Bertz CT molecular complexity index is 589. The molecule has 1 aromatic carbocycles. The summed E-state index contributed by atoms with van der Waals surface area (Å²) in [6.45, 7) is 5.47. The number of rotatable bonds is 6. The van der Waals surface area contributed by atoms with E-state index in [1.807, 2.05) is 18.7 Å². The van der Waals surface area contributed by atoms with Crippen molar-refractivity contribution in [3.63, 3.8) is 0 Å². The Balaban J connectivity index is 2.32. The van der Waals surface area contributed by atoms with Crippen molar-refractivity contribution in [2.75, 3.05) is 23.8 Å². The molecule has 0 saturated heterocycles. The Morgan fingerprint density at radius 2 is 1.90 bits per heavy atom. The van der Waals surface area contributed by atoms with Crippen LogP contribution < -0.4 is 10.6 Å². The summed E-state index contributed by atoms with van der Waals surface area (Å²) in [6, 6.07) is 7.95. The first kappa shape index (κ1) is 15.2. The van der Waals surface area contributed by atoms with E-state index in [1.54, 1.807) is 18.2 Å². The summed E-state index contributed by atoms with van der Waals surface area (Å²) in [5.74, 6) is 1.32. The fourth-order valence-electron chi connectivity index (χ4n) is 2.00. The van der Waals surface area contributed by atoms with E-state index in [9.17, 15) is 4.39 Å². The zero-order valence-corrected chi connectivity index (χ0v) is 12.2. The average Bonchev–Trinajstić information content (AvgIpc) is 2.47. The van der Waals surface area contributed by atoms with Crippen LogP contribution in [0.15, 0.2) is 30.3 Å². The lowest BCUT2D eigenvalue weighted by Crippen LogP contribution is -2.19. The van der Waals surface area contributed by atoms with E-state index in [0.717, 1.165) is 5.69 Å². The Morgan fingerprint density at radius 3 is 2.52 bits per heavy atom. The normalized spacial score (nSPS) is 10.6. The number of anilines is 3. The van der Waals surface area contributed by atoms with E-state index in [0.29, 0.717) is 37.2 Å². The van der Waals surface area contributed by atoms with Gasteiger partial charge < -0.3 is 15.4 Å². The van der Waals surface area contributed by atoms with Crippen LogP contribution in [0.3, 0.4) is 0 Å². The van der Waals surface area contributed by atoms with Crippen molar-refractivity contribution < 1.29 is 9.13 Å². The second-order valence-corrected chi connectivity index (χ2v) is 4.43. The molecule has 1 aromatic heterocycles. The zero-order chi connectivity index (χ0) is 15.2. The van der Waals surface area contributed by atoms with Gasteiger partial charge in [0.15, 0.2) is 5.82 Å². The number of hydrogen-bond acceptors (Lipinski definition) is 5. The van der Waals surface area contributed by atoms with Crippen molar-refractivity contribution in [2.45, 2.75) is 20.5 Å². The van der Waals surface area contributed by atoms with Gasteiger partial charge in [-0.15, -0.1) is 0 Å². The lowest BCUT2D eigenvalue weighted by Gasteiger charge is -2.22. The molecule has 0 radical (unpaired) electrons. The van der Waals surface area contributed by atoms with Crippen LogP contribution in [-0.2, 0) is 11.3 Å². The molecule has 112 valence electrons. The number of aromatic nitrogens is 2. The summed E-state index contributed by atoms with van der Waals surface area (Å²) >= 11 is 0. The molecule has 0 amide bonds.